The highest BCUT2D eigenvalue weighted by atomic mass is 16.5. The number of ether oxygens (including phenoxy) is 1. The van der Waals surface area contributed by atoms with Crippen molar-refractivity contribution in [2.75, 3.05) is 13.2 Å². The number of hydrogen-bond donors (Lipinski definition) is 1. The van der Waals surface area contributed by atoms with Crippen LogP contribution in [0, 0.1) is 12.8 Å². The van der Waals surface area contributed by atoms with Gasteiger partial charge in [-0.25, -0.2) is 0 Å². The monoisotopic (exact) mass is 368 g/mol. The van der Waals surface area contributed by atoms with Crippen LogP contribution in [0.25, 0.3) is 5.69 Å². The molecule has 146 valence electrons. The number of amides is 1. The Bertz CT molecular complexity index is 774. The number of aromatic nitrogens is 1. The first-order valence-electron chi connectivity index (χ1n) is 10.2. The molecule has 1 aliphatic rings. The molecule has 0 aliphatic heterocycles. The summed E-state index contributed by atoms with van der Waals surface area (Å²) in [5.74, 6) is 0.746. The van der Waals surface area contributed by atoms with Gasteiger partial charge in [-0.15, -0.1) is 0 Å². The third kappa shape index (κ3) is 4.81. The fourth-order valence-electron chi connectivity index (χ4n) is 3.88. The molecule has 1 aromatic heterocycles. The molecular weight excluding hydrogens is 336 g/mol. The van der Waals surface area contributed by atoms with Gasteiger partial charge in [-0.1, -0.05) is 6.92 Å². The van der Waals surface area contributed by atoms with Crippen LogP contribution in [0.4, 0.5) is 0 Å². The number of hydrogen-bond acceptors (Lipinski definition) is 2. The van der Waals surface area contributed by atoms with E-state index in [0.717, 1.165) is 24.4 Å². The fourth-order valence-corrected chi connectivity index (χ4v) is 3.88. The molecule has 1 amide bonds. The highest BCUT2D eigenvalue weighted by molar-refractivity contribution is 5.94. The summed E-state index contributed by atoms with van der Waals surface area (Å²) in [5.41, 5.74) is 6.04. The molecule has 0 spiro atoms. The van der Waals surface area contributed by atoms with E-state index in [0.29, 0.717) is 18.7 Å². The van der Waals surface area contributed by atoms with Crippen molar-refractivity contribution in [2.24, 2.45) is 5.92 Å². The summed E-state index contributed by atoms with van der Waals surface area (Å²) in [6.07, 6.45) is 4.61. The Hall–Kier alpha value is -2.07. The summed E-state index contributed by atoms with van der Waals surface area (Å²) in [4.78, 5) is 12.3. The molecule has 4 heteroatoms. The predicted molar refractivity (Wildman–Crippen MR) is 110 cm³/mol. The van der Waals surface area contributed by atoms with E-state index in [1.165, 1.54) is 29.8 Å². The standard InChI is InChI=1S/C23H32N2O2/c1-16(2)27-13-5-12-24-23(26)19-7-9-21(10-8-19)25-18(4)15-20-14-17(3)6-11-22(20)25/h7-10,15-17H,5-6,11-14H2,1-4H3,(H,24,26)/t17-/m0/s1. The largest absolute Gasteiger partial charge is 0.379 e. The molecule has 3 rings (SSSR count). The molecular formula is C23H32N2O2. The van der Waals surface area contributed by atoms with E-state index in [4.69, 9.17) is 4.74 Å². The van der Waals surface area contributed by atoms with Gasteiger partial charge < -0.3 is 14.6 Å². The number of nitrogens with one attached hydrogen (secondary N) is 1. The summed E-state index contributed by atoms with van der Waals surface area (Å²) in [5, 5.41) is 2.97. The van der Waals surface area contributed by atoms with E-state index in [9.17, 15) is 4.79 Å². The molecule has 0 saturated carbocycles. The Morgan fingerprint density at radius 2 is 2.04 bits per heavy atom. The second-order valence-electron chi connectivity index (χ2n) is 8.02. The number of carbonyl (C=O) groups excluding carboxylic acids is 1. The topological polar surface area (TPSA) is 43.3 Å². The molecule has 1 N–H and O–H groups in total. The van der Waals surface area contributed by atoms with Crippen LogP contribution in [0.5, 0.6) is 0 Å². The van der Waals surface area contributed by atoms with Gasteiger partial charge in [0.05, 0.1) is 6.10 Å². The molecule has 0 radical (unpaired) electrons. The van der Waals surface area contributed by atoms with Crippen LogP contribution in [0.15, 0.2) is 30.3 Å². The predicted octanol–water partition coefficient (Wildman–Crippen LogP) is 4.46. The molecule has 1 atom stereocenters. The third-order valence-corrected chi connectivity index (χ3v) is 5.26. The van der Waals surface area contributed by atoms with Crippen LogP contribution >= 0.6 is 0 Å². The number of rotatable bonds is 7. The quantitative estimate of drug-likeness (QED) is 0.734. The van der Waals surface area contributed by atoms with Gasteiger partial charge in [0.1, 0.15) is 0 Å². The second-order valence-corrected chi connectivity index (χ2v) is 8.02. The van der Waals surface area contributed by atoms with Gasteiger partial charge in [-0.3, -0.25) is 4.79 Å². The van der Waals surface area contributed by atoms with Gasteiger partial charge in [0.25, 0.3) is 5.91 Å². The highest BCUT2D eigenvalue weighted by Gasteiger charge is 2.21. The van der Waals surface area contributed by atoms with Crippen LogP contribution in [0.2, 0.25) is 0 Å². The maximum Gasteiger partial charge on any atom is 0.251 e. The summed E-state index contributed by atoms with van der Waals surface area (Å²) in [6.45, 7) is 9.85. The summed E-state index contributed by atoms with van der Waals surface area (Å²) in [6, 6.07) is 10.3. The third-order valence-electron chi connectivity index (χ3n) is 5.26. The number of carbonyl (C=O) groups is 1. The van der Waals surface area contributed by atoms with Crippen LogP contribution in [-0.2, 0) is 17.6 Å². The molecule has 0 saturated heterocycles. The zero-order valence-corrected chi connectivity index (χ0v) is 17.0. The average Bonchev–Trinajstić information content (AvgIpc) is 2.96. The maximum absolute atomic E-state index is 12.3. The number of nitrogens with zero attached hydrogens (tertiary/aromatic N) is 1. The van der Waals surface area contributed by atoms with E-state index >= 15 is 0 Å². The summed E-state index contributed by atoms with van der Waals surface area (Å²) in [7, 11) is 0. The van der Waals surface area contributed by atoms with E-state index in [1.807, 2.05) is 26.0 Å². The minimum absolute atomic E-state index is 0.0221. The fraction of sp³-hybridized carbons (Fsp3) is 0.522. The first-order valence-corrected chi connectivity index (χ1v) is 10.2. The number of benzene rings is 1. The van der Waals surface area contributed by atoms with E-state index < -0.39 is 0 Å². The number of aryl methyl sites for hydroxylation is 1. The van der Waals surface area contributed by atoms with Crippen molar-refractivity contribution in [3.05, 3.63) is 52.8 Å². The van der Waals surface area contributed by atoms with E-state index in [2.05, 4.69) is 41.9 Å². The van der Waals surface area contributed by atoms with Gasteiger partial charge in [0.2, 0.25) is 0 Å². The van der Waals surface area contributed by atoms with E-state index in [1.54, 1.807) is 0 Å². The molecule has 27 heavy (non-hydrogen) atoms. The van der Waals surface area contributed by atoms with Crippen molar-refractivity contribution in [3.63, 3.8) is 0 Å². The Morgan fingerprint density at radius 1 is 1.30 bits per heavy atom. The van der Waals surface area contributed by atoms with Crippen molar-refractivity contribution < 1.29 is 9.53 Å². The molecule has 1 aromatic carbocycles. The molecule has 0 fully saturated rings. The van der Waals surface area contributed by atoms with Crippen molar-refractivity contribution in [1.29, 1.82) is 0 Å². The zero-order chi connectivity index (χ0) is 19.4. The van der Waals surface area contributed by atoms with Gasteiger partial charge in [0.15, 0.2) is 0 Å². The Balaban J connectivity index is 1.63. The lowest BCUT2D eigenvalue weighted by molar-refractivity contribution is 0.0757. The Morgan fingerprint density at radius 3 is 2.74 bits per heavy atom. The summed E-state index contributed by atoms with van der Waals surface area (Å²) >= 11 is 0. The Labute approximate surface area is 162 Å². The van der Waals surface area contributed by atoms with Crippen molar-refractivity contribution in [2.45, 2.75) is 59.5 Å². The molecule has 1 heterocycles. The zero-order valence-electron chi connectivity index (χ0n) is 17.0. The average molecular weight is 369 g/mol. The second kappa shape index (κ2) is 8.75. The Kier molecular flexibility index (Phi) is 6.38. The van der Waals surface area contributed by atoms with Gasteiger partial charge in [-0.2, -0.15) is 0 Å². The normalized spacial score (nSPS) is 16.4. The minimum atomic E-state index is -0.0221. The van der Waals surface area contributed by atoms with Crippen LogP contribution in [0.3, 0.4) is 0 Å². The van der Waals surface area contributed by atoms with Crippen LogP contribution < -0.4 is 5.32 Å². The van der Waals surface area contributed by atoms with Crippen molar-refractivity contribution >= 4 is 5.91 Å². The first-order chi connectivity index (χ1) is 13.0. The highest BCUT2D eigenvalue weighted by Crippen LogP contribution is 2.30. The lowest BCUT2D eigenvalue weighted by Gasteiger charge is -2.21. The van der Waals surface area contributed by atoms with Crippen molar-refractivity contribution in [1.82, 2.24) is 9.88 Å². The molecule has 0 unspecified atom stereocenters. The SMILES string of the molecule is Cc1cc2c(n1-c1ccc(C(=O)NCCCOC(C)C)cc1)CC[C@H](C)C2. The van der Waals surface area contributed by atoms with Gasteiger partial charge >= 0.3 is 0 Å². The molecule has 0 bridgehead atoms. The van der Waals surface area contributed by atoms with Crippen molar-refractivity contribution in [3.8, 4) is 5.69 Å². The minimum Gasteiger partial charge on any atom is -0.379 e. The molecule has 2 aromatic rings. The number of fused-ring (bicyclic) bond motifs is 1. The van der Waals surface area contributed by atoms with Gasteiger partial charge in [-0.05, 0) is 88.3 Å². The van der Waals surface area contributed by atoms with Crippen LogP contribution in [-0.4, -0.2) is 29.7 Å². The van der Waals surface area contributed by atoms with Gasteiger partial charge in [0, 0.05) is 35.8 Å². The van der Waals surface area contributed by atoms with Crippen LogP contribution in [0.1, 0.15) is 60.9 Å². The maximum atomic E-state index is 12.3. The lowest BCUT2D eigenvalue weighted by Crippen LogP contribution is -2.25. The lowest BCUT2D eigenvalue weighted by atomic mass is 9.89. The first kappa shape index (κ1) is 19.7. The molecule has 1 aliphatic carbocycles. The smallest absolute Gasteiger partial charge is 0.251 e. The molecule has 4 nitrogen and oxygen atoms in total. The van der Waals surface area contributed by atoms with E-state index in [-0.39, 0.29) is 12.0 Å². The summed E-state index contributed by atoms with van der Waals surface area (Å²) < 4.78 is 7.85.